The SMILES string of the molecule is O=C(NCc1cccs1)NC[C@H](O)C1CCCCC1. The maximum absolute atomic E-state index is 11.6. The number of rotatable bonds is 5. The Kier molecular flexibility index (Phi) is 5.66. The molecule has 106 valence electrons. The topological polar surface area (TPSA) is 61.4 Å². The number of aliphatic hydroxyl groups excluding tert-OH is 1. The fourth-order valence-corrected chi connectivity index (χ4v) is 3.17. The first-order valence-corrected chi connectivity index (χ1v) is 7.86. The Bertz CT molecular complexity index is 375. The first-order chi connectivity index (χ1) is 9.25. The highest BCUT2D eigenvalue weighted by Crippen LogP contribution is 2.26. The molecular weight excluding hydrogens is 260 g/mol. The molecule has 5 heteroatoms. The van der Waals surface area contributed by atoms with Crippen molar-refractivity contribution in [2.45, 2.75) is 44.8 Å². The van der Waals surface area contributed by atoms with E-state index in [-0.39, 0.29) is 6.03 Å². The minimum atomic E-state index is -0.409. The Morgan fingerprint density at radius 2 is 2.16 bits per heavy atom. The van der Waals surface area contributed by atoms with Crippen molar-refractivity contribution < 1.29 is 9.90 Å². The molecule has 0 aliphatic heterocycles. The van der Waals surface area contributed by atoms with Crippen molar-refractivity contribution in [1.82, 2.24) is 10.6 Å². The van der Waals surface area contributed by atoms with Crippen molar-refractivity contribution in [3.63, 3.8) is 0 Å². The van der Waals surface area contributed by atoms with Crippen molar-refractivity contribution in [3.8, 4) is 0 Å². The fourth-order valence-electron chi connectivity index (χ4n) is 2.53. The van der Waals surface area contributed by atoms with Gasteiger partial charge in [-0.25, -0.2) is 4.79 Å². The third-order valence-electron chi connectivity index (χ3n) is 3.67. The highest BCUT2D eigenvalue weighted by molar-refractivity contribution is 7.09. The van der Waals surface area contributed by atoms with E-state index in [2.05, 4.69) is 10.6 Å². The maximum atomic E-state index is 11.6. The summed E-state index contributed by atoms with van der Waals surface area (Å²) in [5, 5.41) is 17.6. The molecule has 0 radical (unpaired) electrons. The van der Waals surface area contributed by atoms with Gasteiger partial charge in [-0.2, -0.15) is 0 Å². The monoisotopic (exact) mass is 282 g/mol. The van der Waals surface area contributed by atoms with Crippen LogP contribution in [0, 0.1) is 5.92 Å². The lowest BCUT2D eigenvalue weighted by Crippen LogP contribution is -2.41. The summed E-state index contributed by atoms with van der Waals surface area (Å²) in [5.41, 5.74) is 0. The molecule has 1 aliphatic rings. The van der Waals surface area contributed by atoms with Gasteiger partial charge in [-0.05, 0) is 30.2 Å². The van der Waals surface area contributed by atoms with Crippen LogP contribution >= 0.6 is 11.3 Å². The molecule has 1 fully saturated rings. The van der Waals surface area contributed by atoms with Crippen LogP contribution < -0.4 is 10.6 Å². The van der Waals surface area contributed by atoms with E-state index < -0.39 is 6.10 Å². The zero-order chi connectivity index (χ0) is 13.5. The van der Waals surface area contributed by atoms with E-state index in [0.717, 1.165) is 17.7 Å². The normalized spacial score (nSPS) is 17.9. The van der Waals surface area contributed by atoms with Crippen molar-refractivity contribution in [2.75, 3.05) is 6.54 Å². The van der Waals surface area contributed by atoms with E-state index >= 15 is 0 Å². The van der Waals surface area contributed by atoms with E-state index in [1.54, 1.807) is 11.3 Å². The van der Waals surface area contributed by atoms with Gasteiger partial charge in [0.05, 0.1) is 12.6 Å². The average molecular weight is 282 g/mol. The summed E-state index contributed by atoms with van der Waals surface area (Å²) >= 11 is 1.62. The van der Waals surface area contributed by atoms with Gasteiger partial charge in [0.1, 0.15) is 0 Å². The van der Waals surface area contributed by atoms with Crippen LogP contribution in [0.25, 0.3) is 0 Å². The quantitative estimate of drug-likeness (QED) is 0.777. The molecule has 19 heavy (non-hydrogen) atoms. The van der Waals surface area contributed by atoms with E-state index in [1.165, 1.54) is 19.3 Å². The molecule has 1 aromatic rings. The number of hydrogen-bond donors (Lipinski definition) is 3. The molecule has 0 aromatic carbocycles. The van der Waals surface area contributed by atoms with Crippen LogP contribution in [0.3, 0.4) is 0 Å². The highest BCUT2D eigenvalue weighted by Gasteiger charge is 2.21. The van der Waals surface area contributed by atoms with Gasteiger partial charge in [0, 0.05) is 11.4 Å². The lowest BCUT2D eigenvalue weighted by atomic mass is 9.85. The van der Waals surface area contributed by atoms with Gasteiger partial charge < -0.3 is 15.7 Å². The molecule has 2 rings (SSSR count). The van der Waals surface area contributed by atoms with Crippen molar-refractivity contribution >= 4 is 17.4 Å². The van der Waals surface area contributed by atoms with Gasteiger partial charge >= 0.3 is 6.03 Å². The molecular formula is C14H22N2O2S. The molecule has 0 saturated heterocycles. The Morgan fingerprint density at radius 1 is 1.37 bits per heavy atom. The molecule has 3 N–H and O–H groups in total. The van der Waals surface area contributed by atoms with Gasteiger partial charge in [-0.15, -0.1) is 11.3 Å². The lowest BCUT2D eigenvalue weighted by Gasteiger charge is -2.26. The Labute approximate surface area is 118 Å². The molecule has 2 amide bonds. The summed E-state index contributed by atoms with van der Waals surface area (Å²) in [5.74, 6) is 0.353. The van der Waals surface area contributed by atoms with Gasteiger partial charge in [0.2, 0.25) is 0 Å². The number of thiophene rings is 1. The number of urea groups is 1. The maximum Gasteiger partial charge on any atom is 0.315 e. The molecule has 1 aliphatic carbocycles. The number of nitrogens with one attached hydrogen (secondary N) is 2. The zero-order valence-corrected chi connectivity index (χ0v) is 11.9. The van der Waals surface area contributed by atoms with Crippen molar-refractivity contribution in [1.29, 1.82) is 0 Å². The molecule has 4 nitrogen and oxygen atoms in total. The van der Waals surface area contributed by atoms with Gasteiger partial charge in [-0.3, -0.25) is 0 Å². The summed E-state index contributed by atoms with van der Waals surface area (Å²) in [6, 6.07) is 3.75. The summed E-state index contributed by atoms with van der Waals surface area (Å²) < 4.78 is 0. The van der Waals surface area contributed by atoms with Crippen LogP contribution in [0.15, 0.2) is 17.5 Å². The molecule has 0 bridgehead atoms. The van der Waals surface area contributed by atoms with Gasteiger partial charge in [0.15, 0.2) is 0 Å². The highest BCUT2D eigenvalue weighted by atomic mass is 32.1. The Balaban J connectivity index is 1.62. The standard InChI is InChI=1S/C14H22N2O2S/c17-13(11-5-2-1-3-6-11)10-16-14(18)15-9-12-7-4-8-19-12/h4,7-8,11,13,17H,1-3,5-6,9-10H2,(H2,15,16,18)/t13-/m0/s1. The number of carbonyl (C=O) groups excluding carboxylic acids is 1. The molecule has 0 unspecified atom stereocenters. The smallest absolute Gasteiger partial charge is 0.315 e. The van der Waals surface area contributed by atoms with Crippen LogP contribution in [0.4, 0.5) is 4.79 Å². The second-order valence-corrected chi connectivity index (χ2v) is 6.14. The first kappa shape index (κ1) is 14.3. The first-order valence-electron chi connectivity index (χ1n) is 6.98. The van der Waals surface area contributed by atoms with E-state index in [1.807, 2.05) is 17.5 Å². The Hall–Kier alpha value is -1.07. The van der Waals surface area contributed by atoms with Crippen LogP contribution in [0.1, 0.15) is 37.0 Å². The fraction of sp³-hybridized carbons (Fsp3) is 0.643. The third-order valence-corrected chi connectivity index (χ3v) is 4.55. The van der Waals surface area contributed by atoms with Gasteiger partial charge in [-0.1, -0.05) is 25.3 Å². The lowest BCUT2D eigenvalue weighted by molar-refractivity contribution is 0.0858. The van der Waals surface area contributed by atoms with Gasteiger partial charge in [0.25, 0.3) is 0 Å². The third kappa shape index (κ3) is 4.84. The summed E-state index contributed by atoms with van der Waals surface area (Å²) in [6.07, 6.45) is 5.43. The number of aliphatic hydroxyl groups is 1. The minimum Gasteiger partial charge on any atom is -0.391 e. The number of carbonyl (C=O) groups is 1. The second kappa shape index (κ2) is 7.50. The summed E-state index contributed by atoms with van der Waals surface area (Å²) in [4.78, 5) is 12.7. The van der Waals surface area contributed by atoms with Crippen LogP contribution in [0.2, 0.25) is 0 Å². The van der Waals surface area contributed by atoms with Crippen LogP contribution in [0.5, 0.6) is 0 Å². The summed E-state index contributed by atoms with van der Waals surface area (Å²) in [6.45, 7) is 0.893. The van der Waals surface area contributed by atoms with Crippen LogP contribution in [-0.4, -0.2) is 23.8 Å². The van der Waals surface area contributed by atoms with Crippen molar-refractivity contribution in [2.24, 2.45) is 5.92 Å². The van der Waals surface area contributed by atoms with Crippen molar-refractivity contribution in [3.05, 3.63) is 22.4 Å². The Morgan fingerprint density at radius 3 is 2.84 bits per heavy atom. The minimum absolute atomic E-state index is 0.205. The van der Waals surface area contributed by atoms with E-state index in [4.69, 9.17) is 0 Å². The van der Waals surface area contributed by atoms with E-state index in [0.29, 0.717) is 19.0 Å². The largest absolute Gasteiger partial charge is 0.391 e. The predicted molar refractivity (Wildman–Crippen MR) is 77.1 cm³/mol. The predicted octanol–water partition coefficient (Wildman–Crippen LogP) is 2.49. The average Bonchev–Trinajstić information content (AvgIpc) is 2.96. The number of hydrogen-bond acceptors (Lipinski definition) is 3. The molecule has 0 spiro atoms. The summed E-state index contributed by atoms with van der Waals surface area (Å²) in [7, 11) is 0. The zero-order valence-electron chi connectivity index (χ0n) is 11.1. The molecule has 1 atom stereocenters. The van der Waals surface area contributed by atoms with E-state index in [9.17, 15) is 9.90 Å². The molecule has 1 saturated carbocycles. The molecule has 1 heterocycles. The number of amides is 2. The van der Waals surface area contributed by atoms with Crippen LogP contribution in [-0.2, 0) is 6.54 Å². The second-order valence-electron chi connectivity index (χ2n) is 5.11. The molecule has 1 aromatic heterocycles.